The summed E-state index contributed by atoms with van der Waals surface area (Å²) in [7, 11) is 0. The lowest BCUT2D eigenvalue weighted by molar-refractivity contribution is -0.138. The summed E-state index contributed by atoms with van der Waals surface area (Å²) in [4.78, 5) is 3.83. The van der Waals surface area contributed by atoms with Crippen molar-refractivity contribution < 1.29 is 17.9 Å². The summed E-state index contributed by atoms with van der Waals surface area (Å²) in [6.45, 7) is 0. The second kappa shape index (κ2) is 5.89. The van der Waals surface area contributed by atoms with Crippen molar-refractivity contribution in [2.75, 3.05) is 0 Å². The zero-order valence-corrected chi connectivity index (χ0v) is 11.4. The summed E-state index contributed by atoms with van der Waals surface area (Å²) < 4.78 is 43.6. The molecule has 1 aromatic carbocycles. The van der Waals surface area contributed by atoms with Crippen molar-refractivity contribution in [2.24, 2.45) is 0 Å². The molecule has 2 nitrogen and oxygen atoms in total. The predicted octanol–water partition coefficient (Wildman–Crippen LogP) is 5.28. The van der Waals surface area contributed by atoms with Gasteiger partial charge in [-0.25, -0.2) is 4.98 Å². The molecule has 7 heteroatoms. The molecule has 0 aliphatic rings. The fraction of sp³-hybridized carbons (Fsp3) is 0.154. The topological polar surface area (TPSA) is 22.1 Å². The van der Waals surface area contributed by atoms with Crippen molar-refractivity contribution in [2.45, 2.75) is 12.1 Å². The van der Waals surface area contributed by atoms with Gasteiger partial charge in [-0.05, 0) is 17.7 Å². The molecule has 2 rings (SSSR count). The van der Waals surface area contributed by atoms with Crippen LogP contribution in [0, 0.1) is 0 Å². The standard InChI is InChI=1S/C13H8Cl2F3NO/c14-6-8-5-12(19-7-10(8)15)20-11-4-2-1-3-9(11)13(16,17)18/h1-5,7H,6H2. The second-order valence-corrected chi connectivity index (χ2v) is 4.52. The number of nitrogens with zero attached hydrogens (tertiary/aromatic N) is 1. The zero-order valence-electron chi connectivity index (χ0n) is 9.92. The van der Waals surface area contributed by atoms with Crippen LogP contribution >= 0.6 is 23.2 Å². The molecule has 0 atom stereocenters. The van der Waals surface area contributed by atoms with Gasteiger partial charge in [-0.3, -0.25) is 0 Å². The molecule has 0 saturated heterocycles. The fourth-order valence-electron chi connectivity index (χ4n) is 1.52. The molecule has 20 heavy (non-hydrogen) atoms. The maximum Gasteiger partial charge on any atom is 0.419 e. The van der Waals surface area contributed by atoms with Crippen LogP contribution in [0.1, 0.15) is 11.1 Å². The van der Waals surface area contributed by atoms with Crippen LogP contribution < -0.4 is 4.74 Å². The van der Waals surface area contributed by atoms with Crippen LogP contribution in [-0.2, 0) is 12.1 Å². The average Bonchev–Trinajstić information content (AvgIpc) is 2.40. The Morgan fingerprint density at radius 2 is 1.90 bits per heavy atom. The molecule has 0 amide bonds. The lowest BCUT2D eigenvalue weighted by Gasteiger charge is -2.13. The van der Waals surface area contributed by atoms with Gasteiger partial charge in [-0.15, -0.1) is 11.6 Å². The van der Waals surface area contributed by atoms with Crippen LogP contribution in [0.5, 0.6) is 11.6 Å². The summed E-state index contributed by atoms with van der Waals surface area (Å²) in [6, 6.07) is 6.30. The minimum Gasteiger partial charge on any atom is -0.438 e. The molecule has 0 aliphatic carbocycles. The van der Waals surface area contributed by atoms with Crippen LogP contribution in [0.2, 0.25) is 5.02 Å². The lowest BCUT2D eigenvalue weighted by Crippen LogP contribution is -2.07. The molecule has 1 heterocycles. The first-order valence-corrected chi connectivity index (χ1v) is 6.37. The van der Waals surface area contributed by atoms with E-state index in [0.29, 0.717) is 10.6 Å². The van der Waals surface area contributed by atoms with E-state index in [1.807, 2.05) is 0 Å². The summed E-state index contributed by atoms with van der Waals surface area (Å²) in [5.41, 5.74) is -0.341. The summed E-state index contributed by atoms with van der Waals surface area (Å²) >= 11 is 11.5. The molecule has 0 spiro atoms. The number of ether oxygens (including phenoxy) is 1. The van der Waals surface area contributed by atoms with E-state index in [-0.39, 0.29) is 17.5 Å². The molecule has 1 aromatic heterocycles. The highest BCUT2D eigenvalue weighted by molar-refractivity contribution is 6.32. The van der Waals surface area contributed by atoms with E-state index < -0.39 is 11.7 Å². The van der Waals surface area contributed by atoms with Crippen molar-refractivity contribution in [3.8, 4) is 11.6 Å². The monoisotopic (exact) mass is 321 g/mol. The average molecular weight is 322 g/mol. The highest BCUT2D eigenvalue weighted by atomic mass is 35.5. The van der Waals surface area contributed by atoms with Gasteiger partial charge in [-0.2, -0.15) is 13.2 Å². The molecule has 0 unspecified atom stereocenters. The number of para-hydroxylation sites is 1. The Hall–Kier alpha value is -1.46. The Morgan fingerprint density at radius 1 is 1.20 bits per heavy atom. The van der Waals surface area contributed by atoms with Crippen LogP contribution in [0.3, 0.4) is 0 Å². The van der Waals surface area contributed by atoms with Crippen LogP contribution in [0.15, 0.2) is 36.5 Å². The van der Waals surface area contributed by atoms with E-state index in [9.17, 15) is 13.2 Å². The third-order valence-corrected chi connectivity index (χ3v) is 3.09. The molecule has 0 N–H and O–H groups in total. The number of aromatic nitrogens is 1. The van der Waals surface area contributed by atoms with Gasteiger partial charge in [0.05, 0.1) is 10.6 Å². The Morgan fingerprint density at radius 3 is 2.55 bits per heavy atom. The first kappa shape index (κ1) is 14.9. The number of rotatable bonds is 3. The Kier molecular flexibility index (Phi) is 4.40. The van der Waals surface area contributed by atoms with Gasteiger partial charge in [0.1, 0.15) is 5.75 Å². The SMILES string of the molecule is FC(F)(F)c1ccccc1Oc1cc(CCl)c(Cl)cn1. The Balaban J connectivity index is 2.36. The Labute approximate surface area is 123 Å². The van der Waals surface area contributed by atoms with E-state index in [2.05, 4.69) is 4.98 Å². The van der Waals surface area contributed by atoms with Crippen molar-refractivity contribution in [1.29, 1.82) is 0 Å². The number of hydrogen-bond donors (Lipinski definition) is 0. The van der Waals surface area contributed by atoms with E-state index in [1.54, 1.807) is 0 Å². The smallest absolute Gasteiger partial charge is 0.419 e. The van der Waals surface area contributed by atoms with Crippen molar-refractivity contribution in [3.05, 3.63) is 52.7 Å². The van der Waals surface area contributed by atoms with E-state index in [4.69, 9.17) is 27.9 Å². The molecular formula is C13H8Cl2F3NO. The number of pyridine rings is 1. The maximum atomic E-state index is 12.8. The highest BCUT2D eigenvalue weighted by Crippen LogP contribution is 2.37. The molecular weight excluding hydrogens is 314 g/mol. The molecule has 2 aromatic rings. The lowest BCUT2D eigenvalue weighted by atomic mass is 10.2. The van der Waals surface area contributed by atoms with Crippen molar-refractivity contribution in [3.63, 3.8) is 0 Å². The van der Waals surface area contributed by atoms with Crippen LogP contribution in [0.25, 0.3) is 0 Å². The van der Waals surface area contributed by atoms with E-state index >= 15 is 0 Å². The largest absolute Gasteiger partial charge is 0.438 e. The molecule has 0 radical (unpaired) electrons. The van der Waals surface area contributed by atoms with Gasteiger partial charge in [-0.1, -0.05) is 23.7 Å². The first-order valence-electron chi connectivity index (χ1n) is 5.46. The maximum absolute atomic E-state index is 12.8. The zero-order chi connectivity index (χ0) is 14.8. The minimum absolute atomic E-state index is 0.00162. The molecule has 0 bridgehead atoms. The molecule has 0 aliphatic heterocycles. The summed E-state index contributed by atoms with van der Waals surface area (Å²) in [5, 5.41) is 0.330. The van der Waals surface area contributed by atoms with Gasteiger partial charge in [0.2, 0.25) is 5.88 Å². The van der Waals surface area contributed by atoms with E-state index in [1.165, 1.54) is 30.5 Å². The van der Waals surface area contributed by atoms with Gasteiger partial charge < -0.3 is 4.74 Å². The quantitative estimate of drug-likeness (QED) is 0.717. The Bertz CT molecular complexity index is 617. The number of hydrogen-bond acceptors (Lipinski definition) is 2. The van der Waals surface area contributed by atoms with Crippen LogP contribution in [0.4, 0.5) is 13.2 Å². The predicted molar refractivity (Wildman–Crippen MR) is 70.3 cm³/mol. The van der Waals surface area contributed by atoms with E-state index in [0.717, 1.165) is 6.07 Å². The fourth-order valence-corrected chi connectivity index (χ4v) is 1.98. The highest BCUT2D eigenvalue weighted by Gasteiger charge is 2.34. The van der Waals surface area contributed by atoms with Gasteiger partial charge in [0.25, 0.3) is 0 Å². The van der Waals surface area contributed by atoms with Crippen molar-refractivity contribution in [1.82, 2.24) is 4.98 Å². The number of benzene rings is 1. The third-order valence-electron chi connectivity index (χ3n) is 2.46. The third kappa shape index (κ3) is 3.35. The molecule has 0 fully saturated rings. The summed E-state index contributed by atoms with van der Waals surface area (Å²) in [6.07, 6.45) is -3.22. The summed E-state index contributed by atoms with van der Waals surface area (Å²) in [5.74, 6) is -0.212. The van der Waals surface area contributed by atoms with Gasteiger partial charge in [0.15, 0.2) is 0 Å². The van der Waals surface area contributed by atoms with Crippen molar-refractivity contribution >= 4 is 23.2 Å². The normalized spacial score (nSPS) is 11.4. The first-order chi connectivity index (χ1) is 9.41. The van der Waals surface area contributed by atoms with Gasteiger partial charge in [0, 0.05) is 18.1 Å². The minimum atomic E-state index is -4.50. The number of alkyl halides is 4. The molecule has 106 valence electrons. The van der Waals surface area contributed by atoms with Crippen LogP contribution in [-0.4, -0.2) is 4.98 Å². The number of halogens is 5. The van der Waals surface area contributed by atoms with Gasteiger partial charge >= 0.3 is 6.18 Å². The molecule has 0 saturated carbocycles. The second-order valence-electron chi connectivity index (χ2n) is 3.84.